The van der Waals surface area contributed by atoms with Crippen LogP contribution in [0.25, 0.3) is 11.1 Å². The lowest BCUT2D eigenvalue weighted by molar-refractivity contribution is -0.128. The lowest BCUT2D eigenvalue weighted by Gasteiger charge is -2.33. The van der Waals surface area contributed by atoms with Crippen LogP contribution in [-0.4, -0.2) is 30.6 Å². The van der Waals surface area contributed by atoms with Gasteiger partial charge in [0.2, 0.25) is 5.91 Å². The lowest BCUT2D eigenvalue weighted by atomic mass is 9.82. The number of amides is 1. The number of nitrogens with two attached hydrogens (primary N) is 1. The second-order valence-corrected chi connectivity index (χ2v) is 8.47. The molecule has 1 heterocycles. The predicted octanol–water partition coefficient (Wildman–Crippen LogP) is 3.72. The summed E-state index contributed by atoms with van der Waals surface area (Å²) in [7, 11) is 0. The van der Waals surface area contributed by atoms with E-state index in [-0.39, 0.29) is 17.8 Å². The Morgan fingerprint density at radius 1 is 1.13 bits per heavy atom. The second kappa shape index (κ2) is 8.45. The quantitative estimate of drug-likeness (QED) is 0.811. The van der Waals surface area contributed by atoms with Crippen LogP contribution in [0.1, 0.15) is 44.1 Å². The van der Waals surface area contributed by atoms with Crippen molar-refractivity contribution in [2.75, 3.05) is 18.0 Å². The number of carbonyl (C=O) groups excluding carboxylic acids is 1. The van der Waals surface area contributed by atoms with E-state index in [9.17, 15) is 14.4 Å². The van der Waals surface area contributed by atoms with Crippen LogP contribution in [0.15, 0.2) is 42.5 Å². The molecule has 2 aliphatic rings. The molecule has 5 nitrogen and oxygen atoms in total. The minimum atomic E-state index is -0.736. The van der Waals surface area contributed by atoms with Gasteiger partial charge in [0, 0.05) is 19.1 Å². The zero-order valence-electron chi connectivity index (χ0n) is 17.0. The number of benzene rings is 2. The Kier molecular flexibility index (Phi) is 5.74. The van der Waals surface area contributed by atoms with E-state index in [1.165, 1.54) is 12.1 Å². The highest BCUT2D eigenvalue weighted by atomic mass is 19.1. The molecule has 1 saturated carbocycles. The van der Waals surface area contributed by atoms with Gasteiger partial charge in [-0.05, 0) is 54.7 Å². The Morgan fingerprint density at radius 3 is 2.53 bits per heavy atom. The van der Waals surface area contributed by atoms with Gasteiger partial charge in [0.05, 0.1) is 16.8 Å². The molecule has 1 atom stereocenters. The third-order valence-electron chi connectivity index (χ3n) is 6.36. The third-order valence-corrected chi connectivity index (χ3v) is 6.36. The van der Waals surface area contributed by atoms with Gasteiger partial charge in [-0.25, -0.2) is 4.39 Å². The summed E-state index contributed by atoms with van der Waals surface area (Å²) in [5.41, 5.74) is 8.81. The van der Waals surface area contributed by atoms with Crippen molar-refractivity contribution in [1.82, 2.24) is 5.32 Å². The number of nitrogens with one attached hydrogen (secondary N) is 1. The van der Waals surface area contributed by atoms with Crippen LogP contribution < -0.4 is 16.0 Å². The van der Waals surface area contributed by atoms with Gasteiger partial charge >= 0.3 is 0 Å². The van der Waals surface area contributed by atoms with Crippen molar-refractivity contribution in [3.8, 4) is 17.2 Å². The maximum Gasteiger partial charge on any atom is 0.240 e. The van der Waals surface area contributed by atoms with Crippen molar-refractivity contribution in [1.29, 1.82) is 5.26 Å². The average molecular weight is 407 g/mol. The van der Waals surface area contributed by atoms with E-state index in [1.807, 2.05) is 18.2 Å². The first kappa shape index (κ1) is 20.4. The van der Waals surface area contributed by atoms with Crippen molar-refractivity contribution in [2.45, 2.75) is 50.1 Å². The topological polar surface area (TPSA) is 82.2 Å². The monoisotopic (exact) mass is 406 g/mol. The Labute approximate surface area is 176 Å². The van der Waals surface area contributed by atoms with E-state index in [0.29, 0.717) is 12.1 Å². The van der Waals surface area contributed by atoms with Crippen LogP contribution >= 0.6 is 0 Å². The highest BCUT2D eigenvalue weighted by Gasteiger charge is 2.37. The summed E-state index contributed by atoms with van der Waals surface area (Å²) in [6, 6.07) is 14.3. The molecule has 0 radical (unpaired) electrons. The number of carbonyl (C=O) groups is 1. The van der Waals surface area contributed by atoms with Crippen LogP contribution in [0, 0.1) is 17.1 Å². The fourth-order valence-electron chi connectivity index (χ4n) is 4.56. The first-order chi connectivity index (χ1) is 14.5. The molecule has 0 bridgehead atoms. The van der Waals surface area contributed by atoms with Crippen LogP contribution in [0.2, 0.25) is 0 Å². The second-order valence-electron chi connectivity index (χ2n) is 8.47. The van der Waals surface area contributed by atoms with Gasteiger partial charge in [-0.1, -0.05) is 37.5 Å². The van der Waals surface area contributed by atoms with Crippen molar-refractivity contribution >= 4 is 11.6 Å². The van der Waals surface area contributed by atoms with Crippen molar-refractivity contribution < 1.29 is 9.18 Å². The molecular weight excluding hydrogens is 379 g/mol. The highest BCUT2D eigenvalue weighted by molar-refractivity contribution is 5.86. The Morgan fingerprint density at radius 2 is 1.83 bits per heavy atom. The molecule has 1 aliphatic carbocycles. The Bertz CT molecular complexity index is 960. The minimum absolute atomic E-state index is 0.0307. The summed E-state index contributed by atoms with van der Waals surface area (Å²) in [4.78, 5) is 14.9. The van der Waals surface area contributed by atoms with Crippen LogP contribution in [0.5, 0.6) is 0 Å². The zero-order valence-corrected chi connectivity index (χ0v) is 17.0. The Hall–Kier alpha value is -2.91. The largest absolute Gasteiger partial charge is 0.368 e. The van der Waals surface area contributed by atoms with Gasteiger partial charge in [0.15, 0.2) is 0 Å². The molecule has 6 heteroatoms. The van der Waals surface area contributed by atoms with Gasteiger partial charge < -0.3 is 16.0 Å². The number of nitriles is 1. The molecule has 1 amide bonds. The number of halogens is 1. The molecule has 2 aromatic carbocycles. The fourth-order valence-corrected chi connectivity index (χ4v) is 4.56. The third kappa shape index (κ3) is 4.17. The van der Waals surface area contributed by atoms with E-state index in [4.69, 9.17) is 5.73 Å². The average Bonchev–Trinajstić information content (AvgIpc) is 3.22. The maximum atomic E-state index is 13.2. The summed E-state index contributed by atoms with van der Waals surface area (Å²) in [6.45, 7) is 1.43. The van der Waals surface area contributed by atoms with E-state index in [0.717, 1.165) is 61.9 Å². The molecule has 4 rings (SSSR count). The van der Waals surface area contributed by atoms with Crippen LogP contribution in [-0.2, 0) is 4.79 Å². The minimum Gasteiger partial charge on any atom is -0.368 e. The molecule has 3 N–H and O–H groups in total. The maximum absolute atomic E-state index is 13.2. The lowest BCUT2D eigenvalue weighted by Crippen LogP contribution is -2.57. The number of anilines is 1. The van der Waals surface area contributed by atoms with Crippen LogP contribution in [0.3, 0.4) is 0 Å². The van der Waals surface area contributed by atoms with Crippen molar-refractivity contribution in [3.05, 3.63) is 53.8 Å². The van der Waals surface area contributed by atoms with E-state index < -0.39 is 5.54 Å². The molecule has 0 spiro atoms. The van der Waals surface area contributed by atoms with Crippen LogP contribution in [0.4, 0.5) is 10.1 Å². The number of nitrogens with zero attached hydrogens (tertiary/aromatic N) is 2. The summed E-state index contributed by atoms with van der Waals surface area (Å²) >= 11 is 0. The number of hydrogen-bond donors (Lipinski definition) is 2. The predicted molar refractivity (Wildman–Crippen MR) is 115 cm³/mol. The molecule has 1 aliphatic heterocycles. The fraction of sp³-hybridized carbons (Fsp3) is 0.417. The van der Waals surface area contributed by atoms with Gasteiger partial charge in [-0.15, -0.1) is 0 Å². The first-order valence-corrected chi connectivity index (χ1v) is 10.6. The summed E-state index contributed by atoms with van der Waals surface area (Å²) < 4.78 is 13.2. The molecule has 2 aromatic rings. The number of rotatable bonds is 4. The molecule has 0 aromatic heterocycles. The first-order valence-electron chi connectivity index (χ1n) is 10.6. The SMILES string of the molecule is N#Cc1cc(-c2ccc(F)cc2)ccc1N1CCC(NC(=O)C2(N)CCCCC2)C1. The normalized spacial score (nSPS) is 20.6. The van der Waals surface area contributed by atoms with Gasteiger partial charge in [-0.3, -0.25) is 4.79 Å². The zero-order chi connectivity index (χ0) is 21.1. The molecule has 156 valence electrons. The van der Waals surface area contributed by atoms with Gasteiger partial charge in [-0.2, -0.15) is 5.26 Å². The van der Waals surface area contributed by atoms with Crippen molar-refractivity contribution in [2.24, 2.45) is 5.73 Å². The summed E-state index contributed by atoms with van der Waals surface area (Å²) in [5, 5.41) is 12.8. The van der Waals surface area contributed by atoms with Crippen molar-refractivity contribution in [3.63, 3.8) is 0 Å². The molecule has 2 fully saturated rings. The molecule has 1 saturated heterocycles. The van der Waals surface area contributed by atoms with E-state index in [1.54, 1.807) is 12.1 Å². The highest BCUT2D eigenvalue weighted by Crippen LogP contribution is 2.30. The Balaban J connectivity index is 1.45. The number of hydrogen-bond acceptors (Lipinski definition) is 4. The summed E-state index contributed by atoms with van der Waals surface area (Å²) in [6.07, 6.45) is 5.48. The standard InChI is InChI=1S/C24H27FN4O/c25-20-7-4-17(5-8-20)18-6-9-22(19(14-18)15-26)29-13-10-21(16-29)28-23(30)24(27)11-2-1-3-12-24/h4-9,14,21H,1-3,10-13,16,27H2,(H,28,30). The van der Waals surface area contributed by atoms with Gasteiger partial charge in [0.1, 0.15) is 11.9 Å². The molecule has 30 heavy (non-hydrogen) atoms. The van der Waals surface area contributed by atoms with E-state index >= 15 is 0 Å². The van der Waals surface area contributed by atoms with E-state index in [2.05, 4.69) is 16.3 Å². The molecule has 1 unspecified atom stereocenters. The molecular formula is C24H27FN4O. The smallest absolute Gasteiger partial charge is 0.240 e. The van der Waals surface area contributed by atoms with Gasteiger partial charge in [0.25, 0.3) is 0 Å². The summed E-state index contributed by atoms with van der Waals surface area (Å²) in [5.74, 6) is -0.324.